The molecule has 0 radical (unpaired) electrons. The lowest BCUT2D eigenvalue weighted by molar-refractivity contribution is 0.357. The van der Waals surface area contributed by atoms with Gasteiger partial charge in [0.25, 0.3) is 5.56 Å². The first-order valence-corrected chi connectivity index (χ1v) is 4.48. The third-order valence-corrected chi connectivity index (χ3v) is 2.45. The second kappa shape index (κ2) is 2.57. The van der Waals surface area contributed by atoms with Crippen LogP contribution in [0.15, 0.2) is 23.3 Å². The molecule has 0 aliphatic carbocycles. The first-order valence-electron chi connectivity index (χ1n) is 4.48. The Labute approximate surface area is 79.6 Å². The van der Waals surface area contributed by atoms with E-state index in [-0.39, 0.29) is 5.56 Å². The lowest BCUT2D eigenvalue weighted by Crippen LogP contribution is -2.06. The van der Waals surface area contributed by atoms with Gasteiger partial charge in [-0.25, -0.2) is 4.98 Å². The van der Waals surface area contributed by atoms with Gasteiger partial charge in [0.1, 0.15) is 5.75 Å². The van der Waals surface area contributed by atoms with Crippen LogP contribution in [-0.2, 0) is 6.42 Å². The van der Waals surface area contributed by atoms with Crippen LogP contribution >= 0.6 is 0 Å². The minimum Gasteiger partial charge on any atom is -0.493 e. The Balaban J connectivity index is 2.45. The predicted molar refractivity (Wildman–Crippen MR) is 51.6 cm³/mol. The van der Waals surface area contributed by atoms with Gasteiger partial charge < -0.3 is 9.72 Å². The summed E-state index contributed by atoms with van der Waals surface area (Å²) in [6.07, 6.45) is 2.33. The Bertz CT molecular complexity index is 560. The van der Waals surface area contributed by atoms with Crippen molar-refractivity contribution in [2.75, 3.05) is 6.61 Å². The zero-order valence-corrected chi connectivity index (χ0v) is 7.41. The van der Waals surface area contributed by atoms with Crippen LogP contribution in [0.3, 0.4) is 0 Å². The van der Waals surface area contributed by atoms with E-state index in [1.165, 1.54) is 6.33 Å². The van der Waals surface area contributed by atoms with Crippen molar-refractivity contribution >= 4 is 10.9 Å². The number of fused-ring (bicyclic) bond motifs is 2. The standard InChI is InChI=1S/C10H8N2O2/c13-10-7-4-9-6(1-2-14-9)3-8(7)11-5-12-10/h3-5H,1-2H2,(H,11,12,13). The maximum Gasteiger partial charge on any atom is 0.258 e. The van der Waals surface area contributed by atoms with Gasteiger partial charge in [-0.3, -0.25) is 4.79 Å². The van der Waals surface area contributed by atoms with Crippen molar-refractivity contribution in [3.8, 4) is 5.75 Å². The topological polar surface area (TPSA) is 55.0 Å². The summed E-state index contributed by atoms with van der Waals surface area (Å²) in [5.41, 5.74) is 1.75. The summed E-state index contributed by atoms with van der Waals surface area (Å²) in [5, 5.41) is 0.591. The Morgan fingerprint density at radius 1 is 1.43 bits per heavy atom. The molecule has 4 nitrogen and oxygen atoms in total. The smallest absolute Gasteiger partial charge is 0.258 e. The zero-order valence-electron chi connectivity index (χ0n) is 7.41. The van der Waals surface area contributed by atoms with Crippen LogP contribution in [0.25, 0.3) is 10.9 Å². The number of ether oxygens (including phenoxy) is 1. The molecule has 0 saturated carbocycles. The molecule has 14 heavy (non-hydrogen) atoms. The van der Waals surface area contributed by atoms with Crippen molar-refractivity contribution in [1.82, 2.24) is 9.97 Å². The summed E-state index contributed by atoms with van der Waals surface area (Å²) < 4.78 is 5.38. The number of hydrogen-bond donors (Lipinski definition) is 1. The zero-order chi connectivity index (χ0) is 9.54. The molecule has 2 heterocycles. The second-order valence-electron chi connectivity index (χ2n) is 3.31. The van der Waals surface area contributed by atoms with Crippen LogP contribution in [0.1, 0.15) is 5.56 Å². The molecule has 1 N–H and O–H groups in total. The normalized spacial score (nSPS) is 14.0. The summed E-state index contributed by atoms with van der Waals surface area (Å²) in [6.45, 7) is 0.698. The number of nitrogens with one attached hydrogen (secondary N) is 1. The molecule has 0 unspecified atom stereocenters. The molecule has 2 aromatic rings. The van der Waals surface area contributed by atoms with Gasteiger partial charge in [-0.1, -0.05) is 0 Å². The number of nitrogens with zero attached hydrogens (tertiary/aromatic N) is 1. The number of H-pyrrole nitrogens is 1. The highest BCUT2D eigenvalue weighted by Crippen LogP contribution is 2.27. The van der Waals surface area contributed by atoms with E-state index in [2.05, 4.69) is 9.97 Å². The van der Waals surface area contributed by atoms with Crippen LogP contribution in [0.4, 0.5) is 0 Å². The molecule has 0 spiro atoms. The van der Waals surface area contributed by atoms with Gasteiger partial charge in [0.2, 0.25) is 0 Å². The van der Waals surface area contributed by atoms with Crippen LogP contribution in [-0.4, -0.2) is 16.6 Å². The van der Waals surface area contributed by atoms with Gasteiger partial charge in [-0.15, -0.1) is 0 Å². The van der Waals surface area contributed by atoms with E-state index in [1.807, 2.05) is 6.07 Å². The van der Waals surface area contributed by atoms with Crippen LogP contribution in [0.2, 0.25) is 0 Å². The van der Waals surface area contributed by atoms with Crippen LogP contribution in [0.5, 0.6) is 5.75 Å². The third kappa shape index (κ3) is 0.937. The fourth-order valence-electron chi connectivity index (χ4n) is 1.74. The molecular weight excluding hydrogens is 180 g/mol. The van der Waals surface area contributed by atoms with E-state index >= 15 is 0 Å². The van der Waals surface area contributed by atoms with E-state index in [0.29, 0.717) is 12.0 Å². The number of aromatic amines is 1. The third-order valence-electron chi connectivity index (χ3n) is 2.45. The Morgan fingerprint density at radius 2 is 2.36 bits per heavy atom. The molecule has 1 aromatic carbocycles. The molecule has 0 fully saturated rings. The summed E-state index contributed by atoms with van der Waals surface area (Å²) in [6, 6.07) is 3.69. The average molecular weight is 188 g/mol. The van der Waals surface area contributed by atoms with E-state index in [4.69, 9.17) is 4.74 Å². The van der Waals surface area contributed by atoms with E-state index in [0.717, 1.165) is 23.3 Å². The van der Waals surface area contributed by atoms with Gasteiger partial charge in [0.05, 0.1) is 23.8 Å². The van der Waals surface area contributed by atoms with Crippen molar-refractivity contribution in [3.63, 3.8) is 0 Å². The molecule has 0 amide bonds. The molecule has 1 aromatic heterocycles. The van der Waals surface area contributed by atoms with Crippen molar-refractivity contribution in [2.45, 2.75) is 6.42 Å². The highest BCUT2D eigenvalue weighted by atomic mass is 16.5. The summed E-state index contributed by atoms with van der Waals surface area (Å²) in [5.74, 6) is 0.816. The van der Waals surface area contributed by atoms with Gasteiger partial charge >= 0.3 is 0 Å². The Morgan fingerprint density at radius 3 is 3.29 bits per heavy atom. The number of hydrogen-bond acceptors (Lipinski definition) is 3. The minimum absolute atomic E-state index is 0.117. The van der Waals surface area contributed by atoms with Crippen LogP contribution in [0, 0.1) is 0 Å². The molecule has 0 saturated heterocycles. The predicted octanol–water partition coefficient (Wildman–Crippen LogP) is 0.858. The van der Waals surface area contributed by atoms with E-state index in [9.17, 15) is 4.79 Å². The SMILES string of the molecule is O=c1[nH]cnc2cc3c(cc12)OCC3. The molecule has 1 aliphatic heterocycles. The fraction of sp³-hybridized carbons (Fsp3) is 0.200. The molecule has 70 valence electrons. The van der Waals surface area contributed by atoms with Gasteiger partial charge in [-0.05, 0) is 17.7 Å². The van der Waals surface area contributed by atoms with Gasteiger partial charge in [0.15, 0.2) is 0 Å². The molecule has 0 atom stereocenters. The molecule has 1 aliphatic rings. The molecule has 0 bridgehead atoms. The average Bonchev–Trinajstić information content (AvgIpc) is 2.62. The van der Waals surface area contributed by atoms with Gasteiger partial charge in [0, 0.05) is 6.42 Å². The summed E-state index contributed by atoms with van der Waals surface area (Å²) in [7, 11) is 0. The molecular formula is C10H8N2O2. The molecule has 3 rings (SSSR count). The Hall–Kier alpha value is -1.84. The summed E-state index contributed by atoms with van der Waals surface area (Å²) >= 11 is 0. The van der Waals surface area contributed by atoms with Crippen molar-refractivity contribution in [3.05, 3.63) is 34.4 Å². The monoisotopic (exact) mass is 188 g/mol. The molecule has 4 heteroatoms. The largest absolute Gasteiger partial charge is 0.493 e. The Kier molecular flexibility index (Phi) is 1.39. The van der Waals surface area contributed by atoms with Gasteiger partial charge in [-0.2, -0.15) is 0 Å². The van der Waals surface area contributed by atoms with Crippen molar-refractivity contribution in [1.29, 1.82) is 0 Å². The maximum atomic E-state index is 11.4. The summed E-state index contributed by atoms with van der Waals surface area (Å²) in [4.78, 5) is 18.1. The van der Waals surface area contributed by atoms with Crippen molar-refractivity contribution < 1.29 is 4.74 Å². The fourth-order valence-corrected chi connectivity index (χ4v) is 1.74. The quantitative estimate of drug-likeness (QED) is 0.667. The van der Waals surface area contributed by atoms with E-state index in [1.54, 1.807) is 6.07 Å². The minimum atomic E-state index is -0.117. The number of benzene rings is 1. The first-order chi connectivity index (χ1) is 6.84. The number of rotatable bonds is 0. The maximum absolute atomic E-state index is 11.4. The van der Waals surface area contributed by atoms with Crippen LogP contribution < -0.4 is 10.3 Å². The second-order valence-corrected chi connectivity index (χ2v) is 3.31. The lowest BCUT2D eigenvalue weighted by atomic mass is 10.1. The lowest BCUT2D eigenvalue weighted by Gasteiger charge is -2.00. The van der Waals surface area contributed by atoms with Crippen molar-refractivity contribution in [2.24, 2.45) is 0 Å². The van der Waals surface area contributed by atoms with E-state index < -0.39 is 0 Å². The highest BCUT2D eigenvalue weighted by Gasteiger charge is 2.14. The number of aromatic nitrogens is 2. The highest BCUT2D eigenvalue weighted by molar-refractivity contribution is 5.80. The first kappa shape index (κ1) is 7.55.